The summed E-state index contributed by atoms with van der Waals surface area (Å²) in [6.45, 7) is 1.74. The molecule has 0 saturated heterocycles. The van der Waals surface area contributed by atoms with Crippen molar-refractivity contribution in [2.24, 2.45) is 0 Å². The molecule has 1 N–H and O–H groups in total. The summed E-state index contributed by atoms with van der Waals surface area (Å²) in [5, 5.41) is 3.31. The van der Waals surface area contributed by atoms with Gasteiger partial charge in [-0.2, -0.15) is 0 Å². The van der Waals surface area contributed by atoms with Gasteiger partial charge in [0.15, 0.2) is 6.10 Å². The Labute approximate surface area is 157 Å². The lowest BCUT2D eigenvalue weighted by molar-refractivity contribution is -0.127. The summed E-state index contributed by atoms with van der Waals surface area (Å²) >= 11 is 6.09. The summed E-state index contributed by atoms with van der Waals surface area (Å²) in [6.07, 6.45) is -0.936. The number of sulfonamides is 1. The second-order valence-corrected chi connectivity index (χ2v) is 8.40. The number of carbonyl (C=O) groups is 1. The Morgan fingerprint density at radius 3 is 2.65 bits per heavy atom. The van der Waals surface area contributed by atoms with Gasteiger partial charge in [0.25, 0.3) is 5.91 Å². The summed E-state index contributed by atoms with van der Waals surface area (Å²) in [7, 11) is -3.52. The van der Waals surface area contributed by atoms with E-state index in [-0.39, 0.29) is 18.8 Å². The number of hydrogen-bond donors (Lipinski definition) is 1. The molecule has 0 spiro atoms. The first-order valence-corrected chi connectivity index (χ1v) is 10.2. The normalized spacial score (nSPS) is 16.5. The molecule has 0 unspecified atom stereocenters. The summed E-state index contributed by atoms with van der Waals surface area (Å²) in [6, 6.07) is 14.0. The van der Waals surface area contributed by atoms with Gasteiger partial charge in [0, 0.05) is 11.6 Å². The van der Waals surface area contributed by atoms with Gasteiger partial charge in [-0.1, -0.05) is 41.9 Å². The Hall–Kier alpha value is -2.25. The lowest BCUT2D eigenvalue weighted by Gasteiger charge is -2.34. The van der Waals surface area contributed by atoms with Gasteiger partial charge in [-0.05, 0) is 30.7 Å². The van der Waals surface area contributed by atoms with Gasteiger partial charge < -0.3 is 10.1 Å². The SMILES string of the molecule is CCS(=O)(=O)N1C[C@@H](C(=O)NCc2ccccc2Cl)Oc2ccccc21. The van der Waals surface area contributed by atoms with Gasteiger partial charge in [-0.25, -0.2) is 8.42 Å². The minimum atomic E-state index is -3.52. The average Bonchev–Trinajstić information content (AvgIpc) is 2.66. The van der Waals surface area contributed by atoms with Crippen molar-refractivity contribution in [2.45, 2.75) is 19.6 Å². The zero-order valence-corrected chi connectivity index (χ0v) is 15.8. The first-order chi connectivity index (χ1) is 12.4. The lowest BCUT2D eigenvalue weighted by atomic mass is 10.2. The topological polar surface area (TPSA) is 75.7 Å². The number of carbonyl (C=O) groups excluding carboxylic acids is 1. The van der Waals surface area contributed by atoms with E-state index < -0.39 is 22.0 Å². The number of rotatable bonds is 5. The van der Waals surface area contributed by atoms with Crippen molar-refractivity contribution in [3.63, 3.8) is 0 Å². The standard InChI is InChI=1S/C18H19ClN2O4S/c1-2-26(23,24)21-12-17(25-16-10-6-5-9-15(16)21)18(22)20-11-13-7-3-4-8-14(13)19/h3-10,17H,2,11-12H2,1H3,(H,20,22)/t17-/m0/s1. The number of nitrogens with one attached hydrogen (secondary N) is 1. The van der Waals surface area contributed by atoms with Crippen LogP contribution in [0.1, 0.15) is 12.5 Å². The van der Waals surface area contributed by atoms with Crippen LogP contribution < -0.4 is 14.4 Å². The molecule has 1 amide bonds. The van der Waals surface area contributed by atoms with Crippen molar-refractivity contribution in [3.8, 4) is 5.75 Å². The van der Waals surface area contributed by atoms with Crippen LogP contribution in [-0.4, -0.2) is 32.7 Å². The maximum atomic E-state index is 12.6. The highest BCUT2D eigenvalue weighted by atomic mass is 35.5. The molecule has 8 heteroatoms. The van der Waals surface area contributed by atoms with Crippen LogP contribution >= 0.6 is 11.6 Å². The number of amides is 1. The van der Waals surface area contributed by atoms with Crippen molar-refractivity contribution in [1.29, 1.82) is 0 Å². The quantitative estimate of drug-likeness (QED) is 0.845. The predicted octanol–water partition coefficient (Wildman–Crippen LogP) is 2.57. The minimum Gasteiger partial charge on any atom is -0.476 e. The Morgan fingerprint density at radius 2 is 1.92 bits per heavy atom. The summed E-state index contributed by atoms with van der Waals surface area (Å²) in [5.74, 6) is -0.0839. The monoisotopic (exact) mass is 394 g/mol. The second-order valence-electron chi connectivity index (χ2n) is 5.82. The molecule has 0 aromatic heterocycles. The van der Waals surface area contributed by atoms with Gasteiger partial charge in [-0.3, -0.25) is 9.10 Å². The molecular formula is C18H19ClN2O4S. The molecule has 26 heavy (non-hydrogen) atoms. The van der Waals surface area contributed by atoms with Gasteiger partial charge >= 0.3 is 0 Å². The van der Waals surface area contributed by atoms with E-state index in [0.717, 1.165) is 5.56 Å². The zero-order valence-electron chi connectivity index (χ0n) is 14.2. The highest BCUT2D eigenvalue weighted by Crippen LogP contribution is 2.35. The Morgan fingerprint density at radius 1 is 1.23 bits per heavy atom. The zero-order chi connectivity index (χ0) is 18.7. The van der Waals surface area contributed by atoms with Gasteiger partial charge in [0.2, 0.25) is 10.0 Å². The molecule has 6 nitrogen and oxygen atoms in total. The second kappa shape index (κ2) is 7.55. The van der Waals surface area contributed by atoms with Crippen LogP contribution in [0.15, 0.2) is 48.5 Å². The Kier molecular flexibility index (Phi) is 5.38. The number of benzene rings is 2. The molecular weight excluding hydrogens is 376 g/mol. The molecule has 1 aliphatic rings. The van der Waals surface area contributed by atoms with Gasteiger partial charge in [0.1, 0.15) is 5.75 Å². The minimum absolute atomic E-state index is 0.0602. The third kappa shape index (κ3) is 3.78. The van der Waals surface area contributed by atoms with Crippen molar-refractivity contribution < 1.29 is 17.9 Å². The van der Waals surface area contributed by atoms with Crippen LogP contribution in [0.25, 0.3) is 0 Å². The molecule has 3 rings (SSSR count). The maximum Gasteiger partial charge on any atom is 0.263 e. The van der Waals surface area contributed by atoms with Crippen LogP contribution in [0.3, 0.4) is 0 Å². The summed E-state index contributed by atoms with van der Waals surface area (Å²) < 4.78 is 31.8. The summed E-state index contributed by atoms with van der Waals surface area (Å²) in [4.78, 5) is 12.6. The number of para-hydroxylation sites is 2. The van der Waals surface area contributed by atoms with E-state index in [1.807, 2.05) is 18.2 Å². The van der Waals surface area contributed by atoms with E-state index in [1.54, 1.807) is 37.3 Å². The van der Waals surface area contributed by atoms with Gasteiger partial charge in [0.05, 0.1) is 18.0 Å². The average molecular weight is 395 g/mol. The van der Waals surface area contributed by atoms with Crippen LogP contribution in [0.4, 0.5) is 5.69 Å². The van der Waals surface area contributed by atoms with E-state index in [4.69, 9.17) is 16.3 Å². The smallest absolute Gasteiger partial charge is 0.263 e. The number of ether oxygens (including phenoxy) is 1. The molecule has 0 bridgehead atoms. The van der Waals surface area contributed by atoms with Crippen LogP contribution in [0.5, 0.6) is 5.75 Å². The van der Waals surface area contributed by atoms with Crippen molar-refractivity contribution in [2.75, 3.05) is 16.6 Å². The molecule has 1 atom stereocenters. The predicted molar refractivity (Wildman–Crippen MR) is 101 cm³/mol. The lowest BCUT2D eigenvalue weighted by Crippen LogP contribution is -2.50. The fraction of sp³-hybridized carbons (Fsp3) is 0.278. The number of nitrogens with zero attached hydrogens (tertiary/aromatic N) is 1. The highest BCUT2D eigenvalue weighted by Gasteiger charge is 2.35. The van der Waals surface area contributed by atoms with E-state index >= 15 is 0 Å². The Balaban J connectivity index is 1.79. The fourth-order valence-corrected chi connectivity index (χ4v) is 4.02. The van der Waals surface area contributed by atoms with E-state index in [9.17, 15) is 13.2 Å². The van der Waals surface area contributed by atoms with Crippen LogP contribution in [0.2, 0.25) is 5.02 Å². The van der Waals surface area contributed by atoms with Crippen molar-refractivity contribution in [1.82, 2.24) is 5.32 Å². The molecule has 0 aliphatic carbocycles. The molecule has 0 saturated carbocycles. The third-order valence-corrected chi connectivity index (χ3v) is 6.25. The molecule has 2 aromatic rings. The van der Waals surface area contributed by atoms with Gasteiger partial charge in [-0.15, -0.1) is 0 Å². The van der Waals surface area contributed by atoms with Crippen molar-refractivity contribution in [3.05, 3.63) is 59.1 Å². The van der Waals surface area contributed by atoms with E-state index in [1.165, 1.54) is 4.31 Å². The third-order valence-electron chi connectivity index (χ3n) is 4.14. The maximum absolute atomic E-state index is 12.6. The van der Waals surface area contributed by atoms with Crippen LogP contribution in [-0.2, 0) is 21.4 Å². The molecule has 0 fully saturated rings. The fourth-order valence-electron chi connectivity index (χ4n) is 2.70. The Bertz CT molecular complexity index is 917. The molecule has 0 radical (unpaired) electrons. The number of fused-ring (bicyclic) bond motifs is 1. The molecule has 1 heterocycles. The summed E-state index contributed by atoms with van der Waals surface area (Å²) in [5.41, 5.74) is 1.22. The molecule has 2 aromatic carbocycles. The molecule has 1 aliphatic heterocycles. The largest absolute Gasteiger partial charge is 0.476 e. The first-order valence-electron chi connectivity index (χ1n) is 8.19. The van der Waals surface area contributed by atoms with Crippen LogP contribution in [0, 0.1) is 0 Å². The number of hydrogen-bond acceptors (Lipinski definition) is 4. The first kappa shape index (κ1) is 18.5. The number of anilines is 1. The van der Waals surface area contributed by atoms with Crippen molar-refractivity contribution >= 4 is 33.2 Å². The molecule has 138 valence electrons. The van der Waals surface area contributed by atoms with E-state index in [2.05, 4.69) is 5.32 Å². The van der Waals surface area contributed by atoms with E-state index in [0.29, 0.717) is 16.5 Å². The number of halogens is 1. The highest BCUT2D eigenvalue weighted by molar-refractivity contribution is 7.92.